The monoisotopic (exact) mass is 252 g/mol. The van der Waals surface area contributed by atoms with Gasteiger partial charge in [-0.3, -0.25) is 0 Å². The molecular weight excluding hydrogens is 228 g/mol. The van der Waals surface area contributed by atoms with E-state index < -0.39 is 0 Å². The van der Waals surface area contributed by atoms with Crippen molar-refractivity contribution in [1.29, 1.82) is 0 Å². The lowest BCUT2D eigenvalue weighted by Gasteiger charge is -2.22. The molecule has 2 nitrogen and oxygen atoms in total. The molecule has 1 heterocycles. The van der Waals surface area contributed by atoms with Crippen molar-refractivity contribution in [2.24, 2.45) is 0 Å². The van der Waals surface area contributed by atoms with Crippen molar-refractivity contribution >= 4 is 11.3 Å². The minimum atomic E-state index is 0.545. The van der Waals surface area contributed by atoms with Crippen molar-refractivity contribution in [3.05, 3.63) is 15.6 Å². The van der Waals surface area contributed by atoms with E-state index in [0.29, 0.717) is 12.0 Å². The lowest BCUT2D eigenvalue weighted by Crippen LogP contribution is -2.22. The van der Waals surface area contributed by atoms with Crippen LogP contribution in [0.4, 0.5) is 0 Å². The topological polar surface area (TPSA) is 24.9 Å². The van der Waals surface area contributed by atoms with Crippen LogP contribution in [-0.4, -0.2) is 11.0 Å². The molecule has 0 spiro atoms. The third-order valence-electron chi connectivity index (χ3n) is 3.42. The second kappa shape index (κ2) is 5.49. The average Bonchev–Trinajstić information content (AvgIpc) is 2.56. The van der Waals surface area contributed by atoms with Gasteiger partial charge in [0.05, 0.1) is 10.7 Å². The van der Waals surface area contributed by atoms with Crippen molar-refractivity contribution in [3.63, 3.8) is 0 Å². The molecule has 1 saturated carbocycles. The highest BCUT2D eigenvalue weighted by molar-refractivity contribution is 7.11. The molecule has 0 saturated heterocycles. The average molecular weight is 252 g/mol. The zero-order valence-electron chi connectivity index (χ0n) is 11.4. The molecule has 0 amide bonds. The van der Waals surface area contributed by atoms with E-state index in [9.17, 15) is 0 Å². The zero-order valence-corrected chi connectivity index (χ0v) is 12.2. The molecule has 1 N–H and O–H groups in total. The third-order valence-corrected chi connectivity index (χ3v) is 4.65. The maximum Gasteiger partial charge on any atom is 0.0962 e. The Labute approximate surface area is 109 Å². The van der Waals surface area contributed by atoms with Gasteiger partial charge in [-0.1, -0.05) is 34.1 Å². The molecule has 3 heteroatoms. The zero-order chi connectivity index (χ0) is 12.4. The number of rotatable bonds is 5. The van der Waals surface area contributed by atoms with E-state index in [-0.39, 0.29) is 0 Å². The number of thiazole rings is 1. The van der Waals surface area contributed by atoms with Gasteiger partial charge in [-0.25, -0.2) is 4.98 Å². The molecule has 1 fully saturated rings. The van der Waals surface area contributed by atoms with Crippen LogP contribution in [-0.2, 0) is 6.54 Å². The van der Waals surface area contributed by atoms with Gasteiger partial charge in [0.25, 0.3) is 0 Å². The van der Waals surface area contributed by atoms with Crippen LogP contribution in [0.15, 0.2) is 0 Å². The maximum absolute atomic E-state index is 4.89. The van der Waals surface area contributed by atoms with Crippen LogP contribution >= 0.6 is 11.3 Å². The number of aromatic nitrogens is 1. The predicted octanol–water partition coefficient (Wildman–Crippen LogP) is 4.03. The Morgan fingerprint density at radius 3 is 2.47 bits per heavy atom. The highest BCUT2D eigenvalue weighted by atomic mass is 32.1. The van der Waals surface area contributed by atoms with Crippen molar-refractivity contribution in [2.45, 2.75) is 71.4 Å². The molecule has 1 aromatic rings. The summed E-state index contributed by atoms with van der Waals surface area (Å²) in [5.74, 6) is 1.31. The lowest BCUT2D eigenvalue weighted by atomic mass is 9.86. The van der Waals surface area contributed by atoms with E-state index in [0.717, 1.165) is 12.5 Å². The van der Waals surface area contributed by atoms with Crippen molar-refractivity contribution in [3.8, 4) is 0 Å². The molecule has 17 heavy (non-hydrogen) atoms. The molecule has 1 aromatic heterocycles. The van der Waals surface area contributed by atoms with Crippen molar-refractivity contribution in [2.75, 3.05) is 0 Å². The van der Waals surface area contributed by atoms with Crippen LogP contribution < -0.4 is 5.32 Å². The third kappa shape index (κ3) is 3.08. The quantitative estimate of drug-likeness (QED) is 0.855. The molecule has 2 rings (SSSR count). The molecule has 96 valence electrons. The Morgan fingerprint density at radius 1 is 1.29 bits per heavy atom. The van der Waals surface area contributed by atoms with E-state index in [1.165, 1.54) is 34.8 Å². The Bertz CT molecular complexity index is 364. The van der Waals surface area contributed by atoms with Crippen LogP contribution in [0.3, 0.4) is 0 Å². The molecule has 1 aliphatic carbocycles. The van der Waals surface area contributed by atoms with E-state index in [1.807, 2.05) is 11.3 Å². The summed E-state index contributed by atoms with van der Waals surface area (Å²) in [6.07, 6.45) is 4.09. The van der Waals surface area contributed by atoms with Gasteiger partial charge in [0, 0.05) is 23.4 Å². The summed E-state index contributed by atoms with van der Waals surface area (Å²) >= 11 is 1.94. The van der Waals surface area contributed by atoms with E-state index >= 15 is 0 Å². The summed E-state index contributed by atoms with van der Waals surface area (Å²) in [7, 11) is 0. The van der Waals surface area contributed by atoms with E-state index in [4.69, 9.17) is 4.98 Å². The molecule has 0 aliphatic heterocycles. The first-order valence-corrected chi connectivity index (χ1v) is 7.62. The molecule has 0 atom stereocenters. The van der Waals surface area contributed by atoms with Gasteiger partial charge in [0.2, 0.25) is 0 Å². The number of nitrogens with zero attached hydrogens (tertiary/aromatic N) is 1. The fourth-order valence-electron chi connectivity index (χ4n) is 2.09. The second-order valence-electron chi connectivity index (χ2n) is 5.68. The highest BCUT2D eigenvalue weighted by Crippen LogP contribution is 2.40. The molecular formula is C14H24N2S. The van der Waals surface area contributed by atoms with Gasteiger partial charge in [-0.2, -0.15) is 0 Å². The summed E-state index contributed by atoms with van der Waals surface area (Å²) in [5, 5.41) is 4.91. The molecule has 1 aliphatic rings. The molecule has 0 aromatic carbocycles. The SMILES string of the molecule is CC(C)NCc1sc(C2CCC2)nc1C(C)C. The van der Waals surface area contributed by atoms with Gasteiger partial charge < -0.3 is 5.32 Å². The number of hydrogen-bond acceptors (Lipinski definition) is 3. The summed E-state index contributed by atoms with van der Waals surface area (Å²) in [6, 6.07) is 0.546. The van der Waals surface area contributed by atoms with E-state index in [2.05, 4.69) is 33.0 Å². The van der Waals surface area contributed by atoms with Crippen molar-refractivity contribution in [1.82, 2.24) is 10.3 Å². The predicted molar refractivity (Wildman–Crippen MR) is 74.8 cm³/mol. The first-order valence-electron chi connectivity index (χ1n) is 6.80. The summed E-state index contributed by atoms with van der Waals surface area (Å²) < 4.78 is 0. The van der Waals surface area contributed by atoms with Crippen LogP contribution in [0, 0.1) is 0 Å². The van der Waals surface area contributed by atoms with Gasteiger partial charge >= 0.3 is 0 Å². The Hall–Kier alpha value is -0.410. The first-order chi connectivity index (χ1) is 8.08. The molecule has 0 unspecified atom stereocenters. The fraction of sp³-hybridized carbons (Fsp3) is 0.786. The van der Waals surface area contributed by atoms with Gasteiger partial charge in [0.15, 0.2) is 0 Å². The highest BCUT2D eigenvalue weighted by Gasteiger charge is 2.25. The van der Waals surface area contributed by atoms with Crippen LogP contribution in [0.5, 0.6) is 0 Å². The minimum Gasteiger partial charge on any atom is -0.310 e. The summed E-state index contributed by atoms with van der Waals surface area (Å²) in [4.78, 5) is 6.34. The van der Waals surface area contributed by atoms with Crippen LogP contribution in [0.25, 0.3) is 0 Å². The minimum absolute atomic E-state index is 0.545. The summed E-state index contributed by atoms with van der Waals surface area (Å²) in [6.45, 7) is 9.87. The number of nitrogens with one attached hydrogen (secondary N) is 1. The largest absolute Gasteiger partial charge is 0.310 e. The van der Waals surface area contributed by atoms with Gasteiger partial charge in [-0.05, 0) is 18.8 Å². The second-order valence-corrected chi connectivity index (χ2v) is 6.79. The fourth-order valence-corrected chi connectivity index (χ4v) is 3.43. The Balaban J connectivity index is 2.13. The van der Waals surface area contributed by atoms with Crippen molar-refractivity contribution < 1.29 is 0 Å². The first kappa shape index (κ1) is 13.0. The Kier molecular flexibility index (Phi) is 4.21. The lowest BCUT2D eigenvalue weighted by molar-refractivity contribution is 0.417. The molecule has 0 radical (unpaired) electrons. The standard InChI is InChI=1S/C14H24N2S/c1-9(2)13-12(8-15-10(3)4)17-14(16-13)11-6-5-7-11/h9-11,15H,5-8H2,1-4H3. The number of hydrogen-bond donors (Lipinski definition) is 1. The maximum atomic E-state index is 4.89. The normalized spacial score (nSPS) is 16.8. The summed E-state index contributed by atoms with van der Waals surface area (Å²) in [5.41, 5.74) is 1.32. The molecule has 0 bridgehead atoms. The van der Waals surface area contributed by atoms with E-state index in [1.54, 1.807) is 0 Å². The van der Waals surface area contributed by atoms with Crippen LogP contribution in [0.2, 0.25) is 0 Å². The van der Waals surface area contributed by atoms with Crippen LogP contribution in [0.1, 0.15) is 74.4 Å². The van der Waals surface area contributed by atoms with Gasteiger partial charge in [0.1, 0.15) is 0 Å². The van der Waals surface area contributed by atoms with Gasteiger partial charge in [-0.15, -0.1) is 11.3 Å². The Morgan fingerprint density at radius 2 is 2.00 bits per heavy atom. The smallest absolute Gasteiger partial charge is 0.0962 e.